The zero-order chi connectivity index (χ0) is 63.6. The lowest BCUT2D eigenvalue weighted by atomic mass is 10.00. The first-order valence-corrected chi connectivity index (χ1v) is 38.0. The third-order valence-corrected chi connectivity index (χ3v) is 17.7. The zero-order valence-corrected chi connectivity index (χ0v) is 57.4. The van der Waals surface area contributed by atoms with E-state index in [1.165, 1.54) is 148 Å². The number of phosphoric acid groups is 2. The second-order valence-electron chi connectivity index (χ2n) is 24.9. The van der Waals surface area contributed by atoms with Crippen molar-refractivity contribution in [1.82, 2.24) is 0 Å². The average molecular weight is 1270 g/mol. The maximum Gasteiger partial charge on any atom is 0.472 e. The molecule has 0 aromatic rings. The maximum atomic E-state index is 13.0. The highest BCUT2D eigenvalue weighted by atomic mass is 31.2. The molecule has 0 heterocycles. The Morgan fingerprint density at radius 1 is 0.337 bits per heavy atom. The minimum Gasteiger partial charge on any atom is -0.462 e. The number of ether oxygens (including phenoxy) is 4. The average Bonchev–Trinajstić information content (AvgIpc) is 3.69. The molecule has 0 aliphatic rings. The van der Waals surface area contributed by atoms with Gasteiger partial charge in [0.15, 0.2) is 12.2 Å². The molecule has 3 N–H and O–H groups in total. The summed E-state index contributed by atoms with van der Waals surface area (Å²) in [6.45, 7) is 9.41. The lowest BCUT2D eigenvalue weighted by molar-refractivity contribution is -0.161. The molecule has 0 rings (SSSR count). The highest BCUT2D eigenvalue weighted by Gasteiger charge is 2.30. The first kappa shape index (κ1) is 84.1. The van der Waals surface area contributed by atoms with E-state index in [-0.39, 0.29) is 25.7 Å². The van der Waals surface area contributed by atoms with Crippen molar-refractivity contribution >= 4 is 39.5 Å². The number of unbranched alkanes of at least 4 members (excludes halogenated alkanes) is 35. The fourth-order valence-electron chi connectivity index (χ4n) is 10.0. The quantitative estimate of drug-likeness (QED) is 0.0222. The van der Waals surface area contributed by atoms with Gasteiger partial charge in [-0.3, -0.25) is 37.3 Å². The Hall–Kier alpha value is -1.94. The van der Waals surface area contributed by atoms with Crippen molar-refractivity contribution in [2.45, 2.75) is 355 Å². The third kappa shape index (κ3) is 59.7. The van der Waals surface area contributed by atoms with Crippen molar-refractivity contribution in [1.29, 1.82) is 0 Å². The lowest BCUT2D eigenvalue weighted by Crippen LogP contribution is -2.30. The van der Waals surface area contributed by atoms with Crippen molar-refractivity contribution < 1.29 is 80.2 Å². The molecule has 0 aromatic heterocycles. The molecule has 0 aliphatic carbocycles. The summed E-state index contributed by atoms with van der Waals surface area (Å²) in [6.07, 6.45) is 43.2. The molecule has 0 saturated carbocycles. The van der Waals surface area contributed by atoms with Crippen LogP contribution < -0.4 is 0 Å². The number of carbonyl (C=O) groups excluding carboxylic acids is 4. The van der Waals surface area contributed by atoms with Gasteiger partial charge in [0, 0.05) is 25.7 Å². The molecule has 17 nitrogen and oxygen atoms in total. The normalized spacial score (nSPS) is 14.5. The number of rotatable bonds is 66. The van der Waals surface area contributed by atoms with Gasteiger partial charge in [-0.15, -0.1) is 0 Å². The predicted octanol–water partition coefficient (Wildman–Crippen LogP) is 18.8. The fraction of sp³-hybridized carbons (Fsp3) is 0.940. The van der Waals surface area contributed by atoms with Crippen LogP contribution >= 0.6 is 15.6 Å². The van der Waals surface area contributed by atoms with Gasteiger partial charge in [-0.2, -0.15) is 0 Å². The highest BCUT2D eigenvalue weighted by Crippen LogP contribution is 2.45. The molecule has 6 atom stereocenters. The smallest absolute Gasteiger partial charge is 0.462 e. The summed E-state index contributed by atoms with van der Waals surface area (Å²) in [5.74, 6) is -0.687. The van der Waals surface area contributed by atoms with Crippen LogP contribution in [0, 0.1) is 11.8 Å². The molecule has 0 spiro atoms. The van der Waals surface area contributed by atoms with Crippen LogP contribution in [0.3, 0.4) is 0 Å². The van der Waals surface area contributed by atoms with Crippen LogP contribution in [-0.4, -0.2) is 96.7 Å². The van der Waals surface area contributed by atoms with Gasteiger partial charge in [-0.1, -0.05) is 286 Å². The van der Waals surface area contributed by atoms with Crippen molar-refractivity contribution in [2.75, 3.05) is 39.6 Å². The van der Waals surface area contributed by atoms with Crippen LogP contribution in [0.15, 0.2) is 0 Å². The Labute approximate surface area is 524 Å². The summed E-state index contributed by atoms with van der Waals surface area (Å²) in [6, 6.07) is 0. The Bertz CT molecular complexity index is 1690. The number of aliphatic hydroxyl groups is 1. The number of hydrogen-bond donors (Lipinski definition) is 3. The highest BCUT2D eigenvalue weighted by molar-refractivity contribution is 7.47. The summed E-state index contributed by atoms with van der Waals surface area (Å²) in [7, 11) is -9.89. The first-order valence-electron chi connectivity index (χ1n) is 35.0. The van der Waals surface area contributed by atoms with Crippen LogP contribution in [0.5, 0.6) is 0 Å². The minimum atomic E-state index is -4.95. The molecule has 0 saturated heterocycles. The van der Waals surface area contributed by atoms with Crippen molar-refractivity contribution in [3.63, 3.8) is 0 Å². The molecular weight excluding hydrogens is 1140 g/mol. The molecular formula is C67H130O17P2. The zero-order valence-electron chi connectivity index (χ0n) is 55.6. The Balaban J connectivity index is 5.21. The number of esters is 4. The van der Waals surface area contributed by atoms with Gasteiger partial charge in [0.1, 0.15) is 19.3 Å². The first-order chi connectivity index (χ1) is 41.4. The van der Waals surface area contributed by atoms with Gasteiger partial charge < -0.3 is 33.8 Å². The number of phosphoric ester groups is 2. The Morgan fingerprint density at radius 2 is 0.593 bits per heavy atom. The van der Waals surface area contributed by atoms with Crippen LogP contribution in [0.4, 0.5) is 0 Å². The van der Waals surface area contributed by atoms with E-state index in [9.17, 15) is 43.2 Å². The Kier molecular flexibility index (Phi) is 58.0. The van der Waals surface area contributed by atoms with E-state index in [1.54, 1.807) is 0 Å². The van der Waals surface area contributed by atoms with E-state index in [0.29, 0.717) is 25.7 Å². The molecule has 3 unspecified atom stereocenters. The monoisotopic (exact) mass is 1270 g/mol. The van der Waals surface area contributed by atoms with E-state index in [4.69, 9.17) is 37.0 Å². The molecule has 0 bridgehead atoms. The third-order valence-electron chi connectivity index (χ3n) is 15.8. The topological polar surface area (TPSA) is 237 Å². The molecule has 0 amide bonds. The van der Waals surface area contributed by atoms with Gasteiger partial charge >= 0.3 is 39.5 Å². The standard InChI is InChI=1S/C67H130O17P2/c1-7-10-12-14-16-18-19-20-21-22-23-24-25-26-32-39-45-51-66(71)83-62(55-78-65(70)50-44-38-31-28-27-29-35-41-47-59(4)5)57-81-85(73,74)79-53-61(68)54-80-86(75,76)82-58-63(56-77-64(69)49-43-37-30-17-15-13-11-8-2)84-67(72)52-46-40-34-33-36-42-48-60(6)9-3/h59-63,68H,7-58H2,1-6H3,(H,73,74)(H,75,76)/t60?,61-,62-,63-/m1/s1. The molecule has 19 heteroatoms. The fourth-order valence-corrected chi connectivity index (χ4v) is 11.6. The van der Waals surface area contributed by atoms with Gasteiger partial charge in [0.05, 0.1) is 26.4 Å². The lowest BCUT2D eigenvalue weighted by Gasteiger charge is -2.21. The van der Waals surface area contributed by atoms with Crippen molar-refractivity contribution in [3.8, 4) is 0 Å². The van der Waals surface area contributed by atoms with Crippen LogP contribution in [0.1, 0.15) is 337 Å². The molecule has 0 fully saturated rings. The number of aliphatic hydroxyl groups excluding tert-OH is 1. The summed E-state index contributed by atoms with van der Waals surface area (Å²) >= 11 is 0. The van der Waals surface area contributed by atoms with Crippen molar-refractivity contribution in [3.05, 3.63) is 0 Å². The summed E-state index contributed by atoms with van der Waals surface area (Å²) < 4.78 is 68.1. The minimum absolute atomic E-state index is 0.103. The summed E-state index contributed by atoms with van der Waals surface area (Å²) in [4.78, 5) is 72.3. The predicted molar refractivity (Wildman–Crippen MR) is 345 cm³/mol. The number of hydrogen-bond acceptors (Lipinski definition) is 15. The van der Waals surface area contributed by atoms with Crippen LogP contribution in [0.25, 0.3) is 0 Å². The van der Waals surface area contributed by atoms with E-state index in [1.807, 2.05) is 0 Å². The SMILES string of the molecule is CCCCCCCCCCCCCCCCCCCC(=O)O[C@H](COC(=O)CCCCCCCCCCC(C)C)COP(=O)(O)OC[C@@H](O)COP(=O)(O)OC[C@@H](COC(=O)CCCCCCCCCC)OC(=O)CCCCCCCCC(C)CC. The maximum absolute atomic E-state index is 13.0. The molecule has 0 aromatic carbocycles. The second kappa shape index (κ2) is 59.4. The van der Waals surface area contributed by atoms with Gasteiger partial charge in [0.25, 0.3) is 0 Å². The second-order valence-corrected chi connectivity index (χ2v) is 27.8. The van der Waals surface area contributed by atoms with E-state index < -0.39 is 97.5 Å². The van der Waals surface area contributed by atoms with E-state index in [0.717, 1.165) is 108 Å². The van der Waals surface area contributed by atoms with Gasteiger partial charge in [-0.25, -0.2) is 9.13 Å². The molecule has 86 heavy (non-hydrogen) atoms. The largest absolute Gasteiger partial charge is 0.472 e. The van der Waals surface area contributed by atoms with Gasteiger partial charge in [-0.05, 0) is 37.5 Å². The summed E-state index contributed by atoms with van der Waals surface area (Å²) in [5.41, 5.74) is 0. The number of carbonyl (C=O) groups is 4. The van der Waals surface area contributed by atoms with Crippen LogP contribution in [-0.2, 0) is 65.4 Å². The van der Waals surface area contributed by atoms with E-state index >= 15 is 0 Å². The molecule has 0 aliphatic heterocycles. The summed E-state index contributed by atoms with van der Waals surface area (Å²) in [5, 5.41) is 10.5. The molecule has 510 valence electrons. The Morgan fingerprint density at radius 3 is 0.884 bits per heavy atom. The van der Waals surface area contributed by atoms with E-state index in [2.05, 4.69) is 41.5 Å². The molecule has 0 radical (unpaired) electrons. The van der Waals surface area contributed by atoms with Crippen LogP contribution in [0.2, 0.25) is 0 Å². The van der Waals surface area contributed by atoms with Gasteiger partial charge in [0.2, 0.25) is 0 Å². The van der Waals surface area contributed by atoms with Crippen molar-refractivity contribution in [2.24, 2.45) is 11.8 Å².